The van der Waals surface area contributed by atoms with Gasteiger partial charge in [-0.05, 0) is 11.6 Å². The predicted molar refractivity (Wildman–Crippen MR) is 67.4 cm³/mol. The van der Waals surface area contributed by atoms with E-state index in [0.717, 1.165) is 11.3 Å². The van der Waals surface area contributed by atoms with Crippen LogP contribution < -0.4 is 10.2 Å². The molecule has 18 heavy (non-hydrogen) atoms. The summed E-state index contributed by atoms with van der Waals surface area (Å²) in [5.74, 6) is -0.355. The van der Waals surface area contributed by atoms with E-state index >= 15 is 0 Å². The molecular weight excluding hydrogens is 232 g/mol. The van der Waals surface area contributed by atoms with Gasteiger partial charge < -0.3 is 10.1 Å². The fraction of sp³-hybridized carbons (Fsp3) is 0.385. The number of ether oxygens (including phenoxy) is 1. The first-order chi connectivity index (χ1) is 8.69. The quantitative estimate of drug-likeness (QED) is 0.839. The molecule has 0 aromatic heterocycles. The van der Waals surface area contributed by atoms with Crippen LogP contribution >= 0.6 is 0 Å². The number of rotatable bonds is 3. The van der Waals surface area contributed by atoms with Gasteiger partial charge in [0, 0.05) is 26.3 Å². The molecular formula is C13H16N2O3. The largest absolute Gasteiger partial charge is 0.375 e. The van der Waals surface area contributed by atoms with Crippen LogP contribution in [0.5, 0.6) is 0 Å². The van der Waals surface area contributed by atoms with Gasteiger partial charge in [0.15, 0.2) is 0 Å². The lowest BCUT2D eigenvalue weighted by Crippen LogP contribution is -2.48. The molecule has 1 heterocycles. The molecule has 96 valence electrons. The Morgan fingerprint density at radius 1 is 1.44 bits per heavy atom. The number of amides is 2. The Morgan fingerprint density at radius 3 is 2.83 bits per heavy atom. The second-order valence-corrected chi connectivity index (χ2v) is 4.16. The maximum Gasteiger partial charge on any atom is 0.253 e. The van der Waals surface area contributed by atoms with E-state index in [2.05, 4.69) is 5.32 Å². The highest BCUT2D eigenvalue weighted by atomic mass is 16.5. The van der Waals surface area contributed by atoms with Crippen molar-refractivity contribution in [2.24, 2.45) is 0 Å². The molecule has 0 spiro atoms. The average Bonchev–Trinajstić information content (AvgIpc) is 2.77. The second kappa shape index (κ2) is 5.18. The Balaban J connectivity index is 2.35. The van der Waals surface area contributed by atoms with Crippen LogP contribution in [0.25, 0.3) is 0 Å². The maximum atomic E-state index is 12.1. The van der Waals surface area contributed by atoms with Gasteiger partial charge in [0.2, 0.25) is 5.91 Å². The van der Waals surface area contributed by atoms with Crippen LogP contribution in [-0.2, 0) is 20.7 Å². The molecule has 1 atom stereocenters. The number of anilines is 1. The molecule has 1 unspecified atom stereocenters. The van der Waals surface area contributed by atoms with Gasteiger partial charge in [0.1, 0.15) is 12.6 Å². The van der Waals surface area contributed by atoms with Crippen LogP contribution in [0.15, 0.2) is 24.3 Å². The molecule has 0 saturated carbocycles. The molecule has 1 aromatic rings. The molecule has 5 nitrogen and oxygen atoms in total. The third-order valence-corrected chi connectivity index (χ3v) is 3.06. The average molecular weight is 248 g/mol. The van der Waals surface area contributed by atoms with Crippen molar-refractivity contribution in [3.63, 3.8) is 0 Å². The molecule has 1 aromatic carbocycles. The number of benzene rings is 1. The zero-order chi connectivity index (χ0) is 13.1. The van der Waals surface area contributed by atoms with E-state index in [-0.39, 0.29) is 18.4 Å². The van der Waals surface area contributed by atoms with E-state index in [4.69, 9.17) is 4.74 Å². The molecule has 1 N–H and O–H groups in total. The minimum absolute atomic E-state index is 0.0260. The van der Waals surface area contributed by atoms with Gasteiger partial charge in [0.25, 0.3) is 5.91 Å². The van der Waals surface area contributed by atoms with Crippen molar-refractivity contribution in [2.45, 2.75) is 12.5 Å². The number of hydrogen-bond donors (Lipinski definition) is 1. The summed E-state index contributed by atoms with van der Waals surface area (Å²) in [5, 5.41) is 2.60. The third-order valence-electron chi connectivity index (χ3n) is 3.06. The number of hydrogen-bond acceptors (Lipinski definition) is 3. The van der Waals surface area contributed by atoms with Crippen LogP contribution in [-0.4, -0.2) is 38.6 Å². The van der Waals surface area contributed by atoms with E-state index < -0.39 is 6.04 Å². The zero-order valence-corrected chi connectivity index (χ0v) is 10.5. The fourth-order valence-corrected chi connectivity index (χ4v) is 2.26. The maximum absolute atomic E-state index is 12.1. The van der Waals surface area contributed by atoms with Crippen molar-refractivity contribution >= 4 is 17.5 Å². The number of carbonyl (C=O) groups excluding carboxylic acids is 2. The van der Waals surface area contributed by atoms with Crippen molar-refractivity contribution in [3.8, 4) is 0 Å². The van der Waals surface area contributed by atoms with Gasteiger partial charge in [0.05, 0.1) is 0 Å². The monoisotopic (exact) mass is 248 g/mol. The van der Waals surface area contributed by atoms with Crippen molar-refractivity contribution < 1.29 is 14.3 Å². The molecule has 0 fully saturated rings. The lowest BCUT2D eigenvalue weighted by Gasteiger charge is -2.23. The van der Waals surface area contributed by atoms with Crippen LogP contribution in [0, 0.1) is 0 Å². The van der Waals surface area contributed by atoms with Gasteiger partial charge >= 0.3 is 0 Å². The van der Waals surface area contributed by atoms with Crippen molar-refractivity contribution in [1.82, 2.24) is 5.32 Å². The van der Waals surface area contributed by atoms with Gasteiger partial charge in [-0.25, -0.2) is 0 Å². The smallest absolute Gasteiger partial charge is 0.253 e. The summed E-state index contributed by atoms with van der Waals surface area (Å²) in [6.07, 6.45) is 0.547. The number of methoxy groups -OCH3 is 1. The third kappa shape index (κ3) is 2.09. The van der Waals surface area contributed by atoms with Crippen LogP contribution in [0.1, 0.15) is 5.56 Å². The van der Waals surface area contributed by atoms with Gasteiger partial charge in [-0.2, -0.15) is 0 Å². The summed E-state index contributed by atoms with van der Waals surface area (Å²) in [5.41, 5.74) is 1.81. The van der Waals surface area contributed by atoms with Crippen LogP contribution in [0.2, 0.25) is 0 Å². The lowest BCUT2D eigenvalue weighted by molar-refractivity contribution is -0.127. The van der Waals surface area contributed by atoms with E-state index in [1.807, 2.05) is 24.3 Å². The molecule has 0 aliphatic carbocycles. The van der Waals surface area contributed by atoms with E-state index in [9.17, 15) is 9.59 Å². The summed E-state index contributed by atoms with van der Waals surface area (Å²) in [6, 6.07) is 7.08. The number of para-hydroxylation sites is 1. The van der Waals surface area contributed by atoms with E-state index in [1.54, 1.807) is 7.05 Å². The summed E-state index contributed by atoms with van der Waals surface area (Å²) < 4.78 is 4.87. The first-order valence-electron chi connectivity index (χ1n) is 5.79. The summed E-state index contributed by atoms with van der Waals surface area (Å²) in [7, 11) is 3.04. The fourth-order valence-electron chi connectivity index (χ4n) is 2.26. The van der Waals surface area contributed by atoms with Crippen molar-refractivity contribution in [1.29, 1.82) is 0 Å². The molecule has 1 aliphatic heterocycles. The topological polar surface area (TPSA) is 58.6 Å². The summed E-state index contributed by atoms with van der Waals surface area (Å²) in [4.78, 5) is 25.4. The minimum atomic E-state index is -0.477. The van der Waals surface area contributed by atoms with E-state index in [0.29, 0.717) is 6.42 Å². The van der Waals surface area contributed by atoms with Crippen molar-refractivity contribution in [2.75, 3.05) is 25.7 Å². The van der Waals surface area contributed by atoms with Gasteiger partial charge in [-0.3, -0.25) is 14.5 Å². The number of nitrogens with one attached hydrogen (secondary N) is 1. The van der Waals surface area contributed by atoms with Crippen molar-refractivity contribution in [3.05, 3.63) is 29.8 Å². The molecule has 5 heteroatoms. The van der Waals surface area contributed by atoms with Gasteiger partial charge in [-0.15, -0.1) is 0 Å². The Morgan fingerprint density at radius 2 is 2.17 bits per heavy atom. The number of likely N-dealkylation sites (N-methyl/N-ethyl adjacent to an activating group) is 1. The summed E-state index contributed by atoms with van der Waals surface area (Å²) in [6.45, 7) is -0.0260. The minimum Gasteiger partial charge on any atom is -0.375 e. The SMILES string of the molecule is CNC(=O)C1Cc2ccccc2N1C(=O)COC. The first kappa shape index (κ1) is 12.6. The molecule has 2 amide bonds. The number of fused-ring (bicyclic) bond motifs is 1. The zero-order valence-electron chi connectivity index (χ0n) is 10.5. The highest BCUT2D eigenvalue weighted by Gasteiger charge is 2.37. The standard InChI is InChI=1S/C13H16N2O3/c1-14-13(17)11-7-9-5-3-4-6-10(9)15(11)12(16)8-18-2/h3-6,11H,7-8H2,1-2H3,(H,14,17). The van der Waals surface area contributed by atoms with Crippen LogP contribution in [0.4, 0.5) is 5.69 Å². The summed E-state index contributed by atoms with van der Waals surface area (Å²) >= 11 is 0. The molecule has 2 rings (SSSR count). The molecule has 1 aliphatic rings. The Kier molecular flexibility index (Phi) is 3.62. The molecule has 0 saturated heterocycles. The lowest BCUT2D eigenvalue weighted by atomic mass is 10.1. The highest BCUT2D eigenvalue weighted by Crippen LogP contribution is 2.32. The number of carbonyl (C=O) groups is 2. The Hall–Kier alpha value is -1.88. The first-order valence-corrected chi connectivity index (χ1v) is 5.79. The highest BCUT2D eigenvalue weighted by molar-refractivity contribution is 6.03. The molecule has 0 bridgehead atoms. The van der Waals surface area contributed by atoms with Gasteiger partial charge in [-0.1, -0.05) is 18.2 Å². The van der Waals surface area contributed by atoms with Crippen LogP contribution in [0.3, 0.4) is 0 Å². The molecule has 0 radical (unpaired) electrons. The number of nitrogens with zero attached hydrogens (tertiary/aromatic N) is 1. The predicted octanol–water partition coefficient (Wildman–Crippen LogP) is 0.337. The second-order valence-electron chi connectivity index (χ2n) is 4.16. The van der Waals surface area contributed by atoms with E-state index in [1.165, 1.54) is 12.0 Å². The Labute approximate surface area is 106 Å². The normalized spacial score (nSPS) is 17.4. The Bertz CT molecular complexity index is 473.